The van der Waals surface area contributed by atoms with Crippen LogP contribution >= 0.6 is 24.0 Å². The second kappa shape index (κ2) is 12.0. The number of hydrogen-bond acceptors (Lipinski definition) is 4. The third-order valence-corrected chi connectivity index (χ3v) is 5.14. The number of benzene rings is 2. The summed E-state index contributed by atoms with van der Waals surface area (Å²) in [6, 6.07) is 10.7. The van der Waals surface area contributed by atoms with E-state index in [9.17, 15) is 4.39 Å². The first-order valence-electron chi connectivity index (χ1n) is 10.1. The zero-order chi connectivity index (χ0) is 21.5. The maximum atomic E-state index is 14.4. The van der Waals surface area contributed by atoms with Crippen molar-refractivity contribution in [2.24, 2.45) is 10.9 Å². The number of nitrogens with one attached hydrogen (secondary N) is 2. The molecule has 1 fully saturated rings. The van der Waals surface area contributed by atoms with E-state index in [1.807, 2.05) is 31.2 Å². The lowest BCUT2D eigenvalue weighted by molar-refractivity contribution is 0.285. The fourth-order valence-electron chi connectivity index (χ4n) is 3.15. The van der Waals surface area contributed by atoms with Gasteiger partial charge in [-0.05, 0) is 49.4 Å². The van der Waals surface area contributed by atoms with Crippen molar-refractivity contribution in [1.82, 2.24) is 10.6 Å². The molecule has 3 rings (SSSR count). The van der Waals surface area contributed by atoms with Gasteiger partial charge < -0.3 is 24.8 Å². The summed E-state index contributed by atoms with van der Waals surface area (Å²) in [6.45, 7) is 3.04. The Morgan fingerprint density at radius 3 is 2.55 bits per heavy atom. The van der Waals surface area contributed by atoms with Crippen molar-refractivity contribution in [2.45, 2.75) is 32.4 Å². The molecule has 2 aromatic rings. The number of aliphatic imine (C=N–C) groups is 1. The Morgan fingerprint density at radius 2 is 1.94 bits per heavy atom. The van der Waals surface area contributed by atoms with Gasteiger partial charge in [0.25, 0.3) is 0 Å². The molecule has 1 atom stereocenters. The van der Waals surface area contributed by atoms with Gasteiger partial charge in [0.2, 0.25) is 0 Å². The maximum Gasteiger partial charge on any atom is 0.191 e. The van der Waals surface area contributed by atoms with Crippen LogP contribution in [0.25, 0.3) is 0 Å². The summed E-state index contributed by atoms with van der Waals surface area (Å²) in [7, 11) is 4.92. The first-order valence-corrected chi connectivity index (χ1v) is 10.1. The Labute approximate surface area is 200 Å². The number of hydrogen-bond donors (Lipinski definition) is 2. The molecule has 6 nitrogen and oxygen atoms in total. The standard InChI is InChI=1S/C23H30FN3O3.HI/c1-15(17-10-11-20(19(24)12-17)30-14-16-8-9-16)27-23(25-2)26-13-18-6-5-7-21(28-3)22(18)29-4;/h5-7,10-12,15-16H,8-9,13-14H2,1-4H3,(H2,25,26,27);1H. The zero-order valence-electron chi connectivity index (χ0n) is 18.4. The molecule has 31 heavy (non-hydrogen) atoms. The second-order valence-electron chi connectivity index (χ2n) is 7.39. The van der Waals surface area contributed by atoms with Gasteiger partial charge in [-0.25, -0.2) is 4.39 Å². The summed E-state index contributed by atoms with van der Waals surface area (Å²) in [5.74, 6) is 2.51. The average molecular weight is 543 g/mol. The van der Waals surface area contributed by atoms with Crippen LogP contribution in [0.5, 0.6) is 17.2 Å². The molecule has 1 saturated carbocycles. The summed E-state index contributed by atoms with van der Waals surface area (Å²) >= 11 is 0. The van der Waals surface area contributed by atoms with Crippen LogP contribution in [0.3, 0.4) is 0 Å². The summed E-state index contributed by atoms with van der Waals surface area (Å²) in [5.41, 5.74) is 1.75. The third-order valence-electron chi connectivity index (χ3n) is 5.14. The highest BCUT2D eigenvalue weighted by Gasteiger charge is 2.22. The molecule has 0 spiro atoms. The summed E-state index contributed by atoms with van der Waals surface area (Å²) in [6.07, 6.45) is 2.35. The van der Waals surface area contributed by atoms with E-state index >= 15 is 0 Å². The van der Waals surface area contributed by atoms with Crippen molar-refractivity contribution >= 4 is 29.9 Å². The molecule has 1 aliphatic rings. The predicted octanol–water partition coefficient (Wildman–Crippen LogP) is 4.68. The SMILES string of the molecule is CN=C(NCc1cccc(OC)c1OC)NC(C)c1ccc(OCC2CC2)c(F)c1.I. The van der Waals surface area contributed by atoms with E-state index in [4.69, 9.17) is 14.2 Å². The molecule has 1 unspecified atom stereocenters. The Balaban J connectivity index is 0.00000341. The van der Waals surface area contributed by atoms with Gasteiger partial charge >= 0.3 is 0 Å². The molecule has 0 aromatic heterocycles. The van der Waals surface area contributed by atoms with Crippen LogP contribution in [0.15, 0.2) is 41.4 Å². The average Bonchev–Trinajstić information content (AvgIpc) is 3.59. The van der Waals surface area contributed by atoms with Gasteiger partial charge in [0.15, 0.2) is 29.0 Å². The number of halogens is 2. The van der Waals surface area contributed by atoms with Crippen molar-refractivity contribution in [2.75, 3.05) is 27.9 Å². The highest BCUT2D eigenvalue weighted by atomic mass is 127. The lowest BCUT2D eigenvalue weighted by Gasteiger charge is -2.20. The molecule has 2 N–H and O–H groups in total. The fraction of sp³-hybridized carbons (Fsp3) is 0.435. The monoisotopic (exact) mass is 543 g/mol. The molecule has 0 amide bonds. The normalized spacial score (nSPS) is 14.3. The van der Waals surface area contributed by atoms with Crippen LogP contribution in [-0.2, 0) is 6.54 Å². The molecule has 0 aliphatic heterocycles. The quantitative estimate of drug-likeness (QED) is 0.274. The largest absolute Gasteiger partial charge is 0.493 e. The molecule has 2 aromatic carbocycles. The van der Waals surface area contributed by atoms with E-state index in [1.54, 1.807) is 27.3 Å². The zero-order valence-corrected chi connectivity index (χ0v) is 20.7. The van der Waals surface area contributed by atoms with E-state index in [0.717, 1.165) is 11.1 Å². The minimum atomic E-state index is -0.342. The molecule has 0 radical (unpaired) electrons. The van der Waals surface area contributed by atoms with E-state index in [2.05, 4.69) is 15.6 Å². The number of ether oxygens (including phenoxy) is 3. The van der Waals surface area contributed by atoms with Crippen LogP contribution in [0.1, 0.15) is 36.9 Å². The lowest BCUT2D eigenvalue weighted by atomic mass is 10.1. The highest BCUT2D eigenvalue weighted by molar-refractivity contribution is 14.0. The Kier molecular flexibility index (Phi) is 9.67. The molecule has 0 saturated heterocycles. The first-order chi connectivity index (χ1) is 14.5. The molecule has 8 heteroatoms. The van der Waals surface area contributed by atoms with Crippen LogP contribution in [0, 0.1) is 11.7 Å². The van der Waals surface area contributed by atoms with Gasteiger partial charge in [0.05, 0.1) is 26.9 Å². The van der Waals surface area contributed by atoms with Crippen LogP contribution in [-0.4, -0.2) is 33.8 Å². The lowest BCUT2D eigenvalue weighted by Crippen LogP contribution is -2.38. The molecule has 0 heterocycles. The molecular weight excluding hydrogens is 512 g/mol. The van der Waals surface area contributed by atoms with Crippen molar-refractivity contribution in [3.05, 3.63) is 53.3 Å². The Morgan fingerprint density at radius 1 is 1.16 bits per heavy atom. The van der Waals surface area contributed by atoms with Gasteiger partial charge in [-0.1, -0.05) is 18.2 Å². The molecular formula is C23H31FIN3O3. The molecule has 0 bridgehead atoms. The van der Waals surface area contributed by atoms with Gasteiger partial charge in [-0.2, -0.15) is 0 Å². The van der Waals surface area contributed by atoms with Gasteiger partial charge in [-0.3, -0.25) is 4.99 Å². The van der Waals surface area contributed by atoms with Crippen molar-refractivity contribution in [3.63, 3.8) is 0 Å². The Bertz CT molecular complexity index is 890. The molecule has 170 valence electrons. The molecule has 1 aliphatic carbocycles. The van der Waals surface area contributed by atoms with Gasteiger partial charge in [-0.15, -0.1) is 24.0 Å². The van der Waals surface area contributed by atoms with E-state index in [0.29, 0.717) is 42.3 Å². The van der Waals surface area contributed by atoms with Crippen molar-refractivity contribution < 1.29 is 18.6 Å². The fourth-order valence-corrected chi connectivity index (χ4v) is 3.15. The van der Waals surface area contributed by atoms with Crippen LogP contribution in [0.2, 0.25) is 0 Å². The number of rotatable bonds is 9. The summed E-state index contributed by atoms with van der Waals surface area (Å²) in [5, 5.41) is 6.55. The Hall–Kier alpha value is -2.23. The predicted molar refractivity (Wildman–Crippen MR) is 131 cm³/mol. The summed E-state index contributed by atoms with van der Waals surface area (Å²) < 4.78 is 30.8. The summed E-state index contributed by atoms with van der Waals surface area (Å²) in [4.78, 5) is 4.27. The highest BCUT2D eigenvalue weighted by Crippen LogP contribution is 2.31. The van der Waals surface area contributed by atoms with Crippen molar-refractivity contribution in [1.29, 1.82) is 0 Å². The van der Waals surface area contributed by atoms with E-state index < -0.39 is 0 Å². The van der Waals surface area contributed by atoms with Gasteiger partial charge in [0, 0.05) is 19.2 Å². The maximum absolute atomic E-state index is 14.4. The van der Waals surface area contributed by atoms with Crippen LogP contribution < -0.4 is 24.8 Å². The van der Waals surface area contributed by atoms with Crippen molar-refractivity contribution in [3.8, 4) is 17.2 Å². The van der Waals surface area contributed by atoms with Gasteiger partial charge in [0.1, 0.15) is 0 Å². The topological polar surface area (TPSA) is 64.1 Å². The van der Waals surface area contributed by atoms with E-state index in [1.165, 1.54) is 18.9 Å². The number of nitrogens with zero attached hydrogens (tertiary/aromatic N) is 1. The minimum absolute atomic E-state index is 0. The minimum Gasteiger partial charge on any atom is -0.493 e. The van der Waals surface area contributed by atoms with Crippen LogP contribution in [0.4, 0.5) is 4.39 Å². The third kappa shape index (κ3) is 6.88. The smallest absolute Gasteiger partial charge is 0.191 e. The van der Waals surface area contributed by atoms with E-state index in [-0.39, 0.29) is 35.8 Å². The number of para-hydroxylation sites is 1. The number of guanidine groups is 1. The first kappa shape index (κ1) is 25.0. The second-order valence-corrected chi connectivity index (χ2v) is 7.39. The number of methoxy groups -OCH3 is 2.